The number of nitrogens with zero attached hydrogens (tertiary/aromatic N) is 2. The number of nitroso groups, excluding NO2 is 1. The van der Waals surface area contributed by atoms with E-state index in [0.717, 1.165) is 0 Å². The van der Waals surface area contributed by atoms with Crippen molar-refractivity contribution in [1.82, 2.24) is 0 Å². The Morgan fingerprint density at radius 2 is 2.50 bits per heavy atom. The van der Waals surface area contributed by atoms with E-state index in [1.807, 2.05) is 0 Å². The molecule has 0 spiro atoms. The molecule has 0 rings (SSSR count). The van der Waals surface area contributed by atoms with Gasteiger partial charge in [0, 0.05) is 0 Å². The second-order valence-corrected chi connectivity index (χ2v) is 0.910. The monoisotopic (exact) mass is 84.0 g/mol. The second kappa shape index (κ2) is 2.33. The van der Waals surface area contributed by atoms with Crippen molar-refractivity contribution in [2.75, 3.05) is 0 Å². The fourth-order valence-corrected chi connectivity index (χ4v) is 0.0236. The minimum Gasteiger partial charge on any atom is -0.196 e. The Labute approximate surface area is 35.6 Å². The van der Waals surface area contributed by atoms with Crippen LogP contribution >= 0.6 is 0 Å². The van der Waals surface area contributed by atoms with Gasteiger partial charge in [0.05, 0.1) is 6.07 Å². The van der Waals surface area contributed by atoms with Gasteiger partial charge in [0.15, 0.2) is 6.04 Å². The zero-order chi connectivity index (χ0) is 4.99. The standard InChI is InChI=1S/C3H4N2O/c1-3(2-4)5-6/h3H,1H3. The van der Waals surface area contributed by atoms with Crippen LogP contribution in [0.5, 0.6) is 0 Å². The van der Waals surface area contributed by atoms with Gasteiger partial charge in [0.25, 0.3) is 0 Å². The highest BCUT2D eigenvalue weighted by Gasteiger charge is 1.90. The normalized spacial score (nSPS) is 12.0. The summed E-state index contributed by atoms with van der Waals surface area (Å²) in [5, 5.41) is 10.2. The third kappa shape index (κ3) is 1.41. The SMILES string of the molecule is CC(C#N)N=O. The highest BCUT2D eigenvalue weighted by Crippen LogP contribution is 1.79. The Hall–Kier alpha value is -0.910. The summed E-state index contributed by atoms with van der Waals surface area (Å²) in [6, 6.07) is 0.946. The summed E-state index contributed by atoms with van der Waals surface area (Å²) in [4.78, 5) is 9.26. The molecule has 0 aromatic carbocycles. The first kappa shape index (κ1) is 5.09. The van der Waals surface area contributed by atoms with Gasteiger partial charge < -0.3 is 0 Å². The van der Waals surface area contributed by atoms with E-state index in [9.17, 15) is 4.91 Å². The summed E-state index contributed by atoms with van der Waals surface area (Å²) in [6.07, 6.45) is 0. The minimum atomic E-state index is -0.690. The molecule has 0 amide bonds. The molecule has 6 heavy (non-hydrogen) atoms. The second-order valence-electron chi connectivity index (χ2n) is 0.910. The molecule has 0 radical (unpaired) electrons. The molecule has 0 N–H and O–H groups in total. The molecular formula is C3H4N2O. The van der Waals surface area contributed by atoms with Crippen LogP contribution in [0.3, 0.4) is 0 Å². The van der Waals surface area contributed by atoms with Gasteiger partial charge in [0.2, 0.25) is 0 Å². The van der Waals surface area contributed by atoms with E-state index >= 15 is 0 Å². The zero-order valence-corrected chi connectivity index (χ0v) is 3.38. The lowest BCUT2D eigenvalue weighted by Gasteiger charge is -1.75. The topological polar surface area (TPSA) is 53.2 Å². The Bertz CT molecular complexity index is 83.3. The quantitative estimate of drug-likeness (QED) is 0.438. The molecule has 0 aliphatic carbocycles. The first-order valence-electron chi connectivity index (χ1n) is 1.53. The maximum Gasteiger partial charge on any atom is 0.175 e. The summed E-state index contributed by atoms with van der Waals surface area (Å²) in [5.41, 5.74) is 0. The van der Waals surface area contributed by atoms with Crippen LogP contribution in [0.25, 0.3) is 0 Å². The maximum absolute atomic E-state index is 9.26. The first-order chi connectivity index (χ1) is 2.81. The highest BCUT2D eigenvalue weighted by molar-refractivity contribution is 4.84. The van der Waals surface area contributed by atoms with Gasteiger partial charge in [-0.3, -0.25) is 0 Å². The third-order valence-corrected chi connectivity index (χ3v) is 0.345. The molecule has 0 aromatic heterocycles. The summed E-state index contributed by atoms with van der Waals surface area (Å²) < 4.78 is 0. The summed E-state index contributed by atoms with van der Waals surface area (Å²) in [5.74, 6) is 0. The third-order valence-electron chi connectivity index (χ3n) is 0.345. The molecular weight excluding hydrogens is 80.0 g/mol. The van der Waals surface area contributed by atoms with E-state index in [1.54, 1.807) is 6.07 Å². The van der Waals surface area contributed by atoms with Gasteiger partial charge in [0.1, 0.15) is 0 Å². The molecule has 0 aliphatic heterocycles. The molecule has 1 atom stereocenters. The van der Waals surface area contributed by atoms with Crippen LogP contribution in [0, 0.1) is 16.2 Å². The lowest BCUT2D eigenvalue weighted by Crippen LogP contribution is -1.86. The van der Waals surface area contributed by atoms with E-state index in [-0.39, 0.29) is 0 Å². The molecule has 0 aromatic rings. The molecule has 3 nitrogen and oxygen atoms in total. The van der Waals surface area contributed by atoms with E-state index in [2.05, 4.69) is 5.18 Å². The van der Waals surface area contributed by atoms with Gasteiger partial charge in [-0.1, -0.05) is 5.18 Å². The lowest BCUT2D eigenvalue weighted by molar-refractivity contribution is 0.930. The number of rotatable bonds is 1. The van der Waals surface area contributed by atoms with E-state index in [4.69, 9.17) is 5.26 Å². The zero-order valence-electron chi connectivity index (χ0n) is 3.38. The Kier molecular flexibility index (Phi) is 1.98. The smallest absolute Gasteiger partial charge is 0.175 e. The maximum atomic E-state index is 9.26. The van der Waals surface area contributed by atoms with Crippen LogP contribution in [0.4, 0.5) is 0 Å². The number of hydrogen-bond acceptors (Lipinski definition) is 3. The van der Waals surface area contributed by atoms with E-state index in [0.29, 0.717) is 0 Å². The van der Waals surface area contributed by atoms with E-state index in [1.165, 1.54) is 6.92 Å². The van der Waals surface area contributed by atoms with Gasteiger partial charge in [-0.05, 0) is 6.92 Å². The molecule has 0 saturated carbocycles. The summed E-state index contributed by atoms with van der Waals surface area (Å²) in [7, 11) is 0. The highest BCUT2D eigenvalue weighted by atomic mass is 16.3. The lowest BCUT2D eigenvalue weighted by atomic mass is 10.4. The van der Waals surface area contributed by atoms with Crippen molar-refractivity contribution in [3.63, 3.8) is 0 Å². The van der Waals surface area contributed by atoms with Crippen LogP contribution in [0.2, 0.25) is 0 Å². The fourth-order valence-electron chi connectivity index (χ4n) is 0.0236. The predicted octanol–water partition coefficient (Wildman–Crippen LogP) is 0.665. The van der Waals surface area contributed by atoms with Crippen molar-refractivity contribution >= 4 is 0 Å². The fraction of sp³-hybridized carbons (Fsp3) is 0.667. The molecule has 0 fully saturated rings. The summed E-state index contributed by atoms with van der Waals surface area (Å²) >= 11 is 0. The average Bonchev–Trinajstić information content (AvgIpc) is 1.65. The molecule has 0 heterocycles. The molecule has 32 valence electrons. The Balaban J connectivity index is 3.30. The van der Waals surface area contributed by atoms with Gasteiger partial charge >= 0.3 is 0 Å². The molecule has 0 bridgehead atoms. The Morgan fingerprint density at radius 3 is 2.50 bits per heavy atom. The largest absolute Gasteiger partial charge is 0.196 e. The number of hydrogen-bond donors (Lipinski definition) is 0. The first-order valence-corrected chi connectivity index (χ1v) is 1.53. The molecule has 1 unspecified atom stereocenters. The van der Waals surface area contributed by atoms with Crippen LogP contribution in [-0.4, -0.2) is 6.04 Å². The van der Waals surface area contributed by atoms with Crippen molar-refractivity contribution in [2.45, 2.75) is 13.0 Å². The Morgan fingerprint density at radius 1 is 2.00 bits per heavy atom. The van der Waals surface area contributed by atoms with Crippen molar-refractivity contribution in [3.05, 3.63) is 4.91 Å². The molecule has 0 aliphatic rings. The van der Waals surface area contributed by atoms with Gasteiger partial charge in [-0.2, -0.15) is 5.26 Å². The van der Waals surface area contributed by atoms with Gasteiger partial charge in [-0.15, -0.1) is 4.91 Å². The van der Waals surface area contributed by atoms with Crippen LogP contribution in [-0.2, 0) is 0 Å². The molecule has 3 heteroatoms. The van der Waals surface area contributed by atoms with Crippen LogP contribution in [0.1, 0.15) is 6.92 Å². The van der Waals surface area contributed by atoms with Gasteiger partial charge in [-0.25, -0.2) is 0 Å². The van der Waals surface area contributed by atoms with Crippen molar-refractivity contribution < 1.29 is 0 Å². The minimum absolute atomic E-state index is 0.690. The summed E-state index contributed by atoms with van der Waals surface area (Å²) in [6.45, 7) is 1.44. The van der Waals surface area contributed by atoms with E-state index < -0.39 is 6.04 Å². The molecule has 0 saturated heterocycles. The van der Waals surface area contributed by atoms with Crippen molar-refractivity contribution in [2.24, 2.45) is 5.18 Å². The van der Waals surface area contributed by atoms with Crippen LogP contribution in [0.15, 0.2) is 5.18 Å². The van der Waals surface area contributed by atoms with Crippen LogP contribution < -0.4 is 0 Å². The average molecular weight is 84.1 g/mol. The number of nitriles is 1. The van der Waals surface area contributed by atoms with Crippen molar-refractivity contribution in [3.8, 4) is 6.07 Å². The van der Waals surface area contributed by atoms with Crippen molar-refractivity contribution in [1.29, 1.82) is 5.26 Å². The predicted molar refractivity (Wildman–Crippen MR) is 20.9 cm³/mol.